The number of carbonyl (C=O) groups excluding carboxylic acids is 1. The summed E-state index contributed by atoms with van der Waals surface area (Å²) in [6, 6.07) is 0. The lowest BCUT2D eigenvalue weighted by atomic mass is 9.94. The number of carbonyl (C=O) groups is 1. The first-order chi connectivity index (χ1) is 5.84. The van der Waals surface area contributed by atoms with Gasteiger partial charge in [0.05, 0.1) is 0 Å². The van der Waals surface area contributed by atoms with Gasteiger partial charge >= 0.3 is 0 Å². The van der Waals surface area contributed by atoms with Crippen molar-refractivity contribution < 1.29 is 4.79 Å². The number of thioether (sulfide) groups is 1. The molecule has 1 aliphatic rings. The van der Waals surface area contributed by atoms with E-state index in [0.717, 1.165) is 25.9 Å². The molecule has 0 bridgehead atoms. The Morgan fingerprint density at radius 3 is 3.17 bits per heavy atom. The highest BCUT2D eigenvalue weighted by atomic mass is 32.2. The fourth-order valence-corrected chi connectivity index (χ4v) is 2.00. The second-order valence-electron chi connectivity index (χ2n) is 3.25. The lowest BCUT2D eigenvalue weighted by Crippen LogP contribution is -2.36. The SMILES string of the molecule is CSCCCC1CNCCC1=O. The molecule has 1 saturated heterocycles. The van der Waals surface area contributed by atoms with E-state index >= 15 is 0 Å². The van der Waals surface area contributed by atoms with E-state index in [1.54, 1.807) is 0 Å². The van der Waals surface area contributed by atoms with Gasteiger partial charge in [-0.05, 0) is 24.9 Å². The van der Waals surface area contributed by atoms with Gasteiger partial charge in [0.15, 0.2) is 0 Å². The van der Waals surface area contributed by atoms with Gasteiger partial charge in [0.1, 0.15) is 5.78 Å². The standard InChI is InChI=1S/C9H17NOS/c1-12-6-2-3-8-7-10-5-4-9(8)11/h8,10H,2-7H2,1H3. The van der Waals surface area contributed by atoms with Gasteiger partial charge < -0.3 is 5.32 Å². The summed E-state index contributed by atoms with van der Waals surface area (Å²) < 4.78 is 0. The molecule has 1 N–H and O–H groups in total. The first-order valence-corrected chi connectivity index (χ1v) is 5.96. The Labute approximate surface area is 78.5 Å². The fourth-order valence-electron chi connectivity index (χ4n) is 1.54. The summed E-state index contributed by atoms with van der Waals surface area (Å²) in [4.78, 5) is 11.3. The number of nitrogens with one attached hydrogen (secondary N) is 1. The molecule has 1 aliphatic heterocycles. The summed E-state index contributed by atoms with van der Waals surface area (Å²) in [5.74, 6) is 1.96. The van der Waals surface area contributed by atoms with E-state index in [-0.39, 0.29) is 0 Å². The van der Waals surface area contributed by atoms with Gasteiger partial charge in [-0.15, -0.1) is 0 Å². The number of rotatable bonds is 4. The molecule has 0 aromatic rings. The number of ketones is 1. The maximum Gasteiger partial charge on any atom is 0.138 e. The van der Waals surface area contributed by atoms with Crippen LogP contribution >= 0.6 is 11.8 Å². The lowest BCUT2D eigenvalue weighted by molar-refractivity contribution is -0.124. The summed E-state index contributed by atoms with van der Waals surface area (Å²) in [7, 11) is 0. The van der Waals surface area contributed by atoms with Gasteiger partial charge in [0, 0.05) is 25.4 Å². The van der Waals surface area contributed by atoms with Gasteiger partial charge in [-0.1, -0.05) is 0 Å². The molecule has 1 rings (SSSR count). The third kappa shape index (κ3) is 3.15. The van der Waals surface area contributed by atoms with E-state index in [1.807, 2.05) is 11.8 Å². The number of hydrogen-bond donors (Lipinski definition) is 1. The van der Waals surface area contributed by atoms with Crippen molar-refractivity contribution in [3.05, 3.63) is 0 Å². The van der Waals surface area contributed by atoms with Gasteiger partial charge in [-0.2, -0.15) is 11.8 Å². The quantitative estimate of drug-likeness (QED) is 0.673. The summed E-state index contributed by atoms with van der Waals surface area (Å²) in [5.41, 5.74) is 0. The highest BCUT2D eigenvalue weighted by molar-refractivity contribution is 7.98. The van der Waals surface area contributed by atoms with Crippen LogP contribution in [0.25, 0.3) is 0 Å². The number of Topliss-reactive ketones (excluding diaryl/α,β-unsaturated/α-hetero) is 1. The topological polar surface area (TPSA) is 29.1 Å². The van der Waals surface area contributed by atoms with Crippen LogP contribution in [0.1, 0.15) is 19.3 Å². The molecule has 0 radical (unpaired) electrons. The molecule has 0 aromatic carbocycles. The fraction of sp³-hybridized carbons (Fsp3) is 0.889. The Balaban J connectivity index is 2.16. The molecular weight excluding hydrogens is 170 g/mol. The molecule has 12 heavy (non-hydrogen) atoms. The van der Waals surface area contributed by atoms with Crippen molar-refractivity contribution in [1.29, 1.82) is 0 Å². The average Bonchev–Trinajstić information content (AvgIpc) is 2.09. The monoisotopic (exact) mass is 187 g/mol. The highest BCUT2D eigenvalue weighted by Gasteiger charge is 2.20. The van der Waals surface area contributed by atoms with Crippen molar-refractivity contribution >= 4 is 17.5 Å². The molecule has 1 unspecified atom stereocenters. The van der Waals surface area contributed by atoms with Crippen LogP contribution in [0.3, 0.4) is 0 Å². The maximum atomic E-state index is 11.3. The average molecular weight is 187 g/mol. The molecule has 3 heteroatoms. The molecule has 70 valence electrons. The van der Waals surface area contributed by atoms with Gasteiger partial charge in [0.2, 0.25) is 0 Å². The zero-order chi connectivity index (χ0) is 8.81. The first kappa shape index (κ1) is 10.1. The third-order valence-corrected chi connectivity index (χ3v) is 2.99. The predicted molar refractivity (Wildman–Crippen MR) is 53.6 cm³/mol. The van der Waals surface area contributed by atoms with Crippen LogP contribution in [0.2, 0.25) is 0 Å². The summed E-state index contributed by atoms with van der Waals surface area (Å²) >= 11 is 1.86. The molecule has 2 nitrogen and oxygen atoms in total. The van der Waals surface area contributed by atoms with E-state index in [9.17, 15) is 4.79 Å². The second-order valence-corrected chi connectivity index (χ2v) is 4.24. The second kappa shape index (κ2) is 5.60. The molecule has 1 atom stereocenters. The minimum atomic E-state index is 0.311. The van der Waals surface area contributed by atoms with Crippen LogP contribution in [-0.2, 0) is 4.79 Å². The van der Waals surface area contributed by atoms with E-state index in [2.05, 4.69) is 11.6 Å². The lowest BCUT2D eigenvalue weighted by Gasteiger charge is -2.21. The zero-order valence-electron chi connectivity index (χ0n) is 7.64. The van der Waals surface area contributed by atoms with Crippen LogP contribution < -0.4 is 5.32 Å². The van der Waals surface area contributed by atoms with Crippen LogP contribution in [0.15, 0.2) is 0 Å². The van der Waals surface area contributed by atoms with E-state index < -0.39 is 0 Å². The van der Waals surface area contributed by atoms with Crippen LogP contribution in [0.4, 0.5) is 0 Å². The van der Waals surface area contributed by atoms with Crippen molar-refractivity contribution in [3.8, 4) is 0 Å². The van der Waals surface area contributed by atoms with Crippen molar-refractivity contribution in [2.24, 2.45) is 5.92 Å². The summed E-state index contributed by atoms with van der Waals surface area (Å²) in [6.07, 6.45) is 5.11. The Morgan fingerprint density at radius 2 is 2.50 bits per heavy atom. The molecule has 0 amide bonds. The van der Waals surface area contributed by atoms with Gasteiger partial charge in [0.25, 0.3) is 0 Å². The third-order valence-electron chi connectivity index (χ3n) is 2.30. The Morgan fingerprint density at radius 1 is 1.67 bits per heavy atom. The maximum absolute atomic E-state index is 11.3. The van der Waals surface area contributed by atoms with Gasteiger partial charge in [-0.25, -0.2) is 0 Å². The van der Waals surface area contributed by atoms with Crippen molar-refractivity contribution in [3.63, 3.8) is 0 Å². The summed E-state index contributed by atoms with van der Waals surface area (Å²) in [5, 5.41) is 3.26. The zero-order valence-corrected chi connectivity index (χ0v) is 8.45. The minimum Gasteiger partial charge on any atom is -0.316 e. The largest absolute Gasteiger partial charge is 0.316 e. The van der Waals surface area contributed by atoms with E-state index in [0.29, 0.717) is 11.7 Å². The molecule has 0 aromatic heterocycles. The van der Waals surface area contributed by atoms with Crippen molar-refractivity contribution in [1.82, 2.24) is 5.32 Å². The van der Waals surface area contributed by atoms with Crippen molar-refractivity contribution in [2.75, 3.05) is 25.1 Å². The molecule has 0 spiro atoms. The predicted octanol–water partition coefficient (Wildman–Crippen LogP) is 1.31. The van der Waals surface area contributed by atoms with E-state index in [1.165, 1.54) is 12.2 Å². The number of piperidine rings is 1. The Kier molecular flexibility index (Phi) is 4.69. The summed E-state index contributed by atoms with van der Waals surface area (Å²) in [6.45, 7) is 1.80. The Bertz CT molecular complexity index is 149. The van der Waals surface area contributed by atoms with Crippen LogP contribution in [-0.4, -0.2) is 30.9 Å². The Hall–Kier alpha value is -0.0200. The normalized spacial score (nSPS) is 24.4. The smallest absolute Gasteiger partial charge is 0.138 e. The van der Waals surface area contributed by atoms with Crippen LogP contribution in [0, 0.1) is 5.92 Å². The molecule has 1 fully saturated rings. The first-order valence-electron chi connectivity index (χ1n) is 4.57. The molecule has 0 aliphatic carbocycles. The van der Waals surface area contributed by atoms with Crippen molar-refractivity contribution in [2.45, 2.75) is 19.3 Å². The van der Waals surface area contributed by atoms with Gasteiger partial charge in [-0.3, -0.25) is 4.79 Å². The minimum absolute atomic E-state index is 0.311. The molecular formula is C9H17NOS. The highest BCUT2D eigenvalue weighted by Crippen LogP contribution is 2.13. The molecule has 0 saturated carbocycles. The molecule has 1 heterocycles. The van der Waals surface area contributed by atoms with E-state index in [4.69, 9.17) is 0 Å². The number of hydrogen-bond acceptors (Lipinski definition) is 3. The van der Waals surface area contributed by atoms with Crippen LogP contribution in [0.5, 0.6) is 0 Å².